The van der Waals surface area contributed by atoms with E-state index in [0.717, 1.165) is 5.69 Å². The summed E-state index contributed by atoms with van der Waals surface area (Å²) in [6.45, 7) is 2.47. The Morgan fingerprint density at radius 2 is 1.84 bits per heavy atom. The van der Waals surface area contributed by atoms with Crippen molar-refractivity contribution in [2.45, 2.75) is 6.92 Å². The van der Waals surface area contributed by atoms with Crippen LogP contribution < -0.4 is 10.2 Å². The molecule has 0 aliphatic carbocycles. The Morgan fingerprint density at radius 1 is 1.04 bits per heavy atom. The highest BCUT2D eigenvalue weighted by molar-refractivity contribution is 6.06. The summed E-state index contributed by atoms with van der Waals surface area (Å²) in [5.41, 5.74) is 2.52. The molecule has 126 valence electrons. The van der Waals surface area contributed by atoms with E-state index in [1.807, 2.05) is 37.3 Å². The fraction of sp³-hybridized carbons (Fsp3) is 0.100. The van der Waals surface area contributed by atoms with E-state index >= 15 is 0 Å². The van der Waals surface area contributed by atoms with Gasteiger partial charge in [0.15, 0.2) is 0 Å². The van der Waals surface area contributed by atoms with E-state index < -0.39 is 0 Å². The predicted molar refractivity (Wildman–Crippen MR) is 97.7 cm³/mol. The van der Waals surface area contributed by atoms with E-state index in [1.54, 1.807) is 29.3 Å². The molecular weight excluding hydrogens is 317 g/mol. The number of carbonyl (C=O) groups is 1. The zero-order chi connectivity index (χ0) is 17.6. The van der Waals surface area contributed by atoms with Gasteiger partial charge in [0.1, 0.15) is 5.82 Å². The largest absolute Gasteiger partial charge is 0.354 e. The maximum atomic E-state index is 13.3. The van der Waals surface area contributed by atoms with Gasteiger partial charge in [0.25, 0.3) is 5.91 Å². The number of hydrogen-bond donors (Lipinski definition) is 1. The molecule has 3 aromatic rings. The number of nitrogens with zero attached hydrogens (tertiary/aromatic N) is 2. The van der Waals surface area contributed by atoms with Crippen LogP contribution in [0.2, 0.25) is 0 Å². The van der Waals surface area contributed by atoms with Gasteiger partial charge in [0, 0.05) is 24.1 Å². The van der Waals surface area contributed by atoms with Gasteiger partial charge in [-0.3, -0.25) is 9.78 Å². The van der Waals surface area contributed by atoms with Crippen LogP contribution in [0.4, 0.5) is 21.5 Å². The summed E-state index contributed by atoms with van der Waals surface area (Å²) in [7, 11) is 0. The van der Waals surface area contributed by atoms with E-state index in [-0.39, 0.29) is 11.7 Å². The number of anilines is 3. The Kier molecular flexibility index (Phi) is 5.04. The molecule has 0 saturated carbocycles. The van der Waals surface area contributed by atoms with Crippen molar-refractivity contribution in [1.82, 2.24) is 4.98 Å². The average Bonchev–Trinajstić information content (AvgIpc) is 2.63. The molecular formula is C20H18FN3O. The van der Waals surface area contributed by atoms with Crippen LogP contribution in [0.25, 0.3) is 0 Å². The zero-order valence-electron chi connectivity index (χ0n) is 13.8. The van der Waals surface area contributed by atoms with Crippen LogP contribution in [0.5, 0.6) is 0 Å². The number of hydrogen-bond acceptors (Lipinski definition) is 3. The molecule has 0 bridgehead atoms. The molecule has 5 heteroatoms. The van der Waals surface area contributed by atoms with Gasteiger partial charge in [0.2, 0.25) is 0 Å². The fourth-order valence-corrected chi connectivity index (χ4v) is 2.57. The molecule has 25 heavy (non-hydrogen) atoms. The Balaban J connectivity index is 1.84. The summed E-state index contributed by atoms with van der Waals surface area (Å²) in [6.07, 6.45) is 3.13. The molecule has 0 aliphatic rings. The third-order valence-corrected chi connectivity index (χ3v) is 3.73. The summed E-state index contributed by atoms with van der Waals surface area (Å²) in [6, 6.07) is 17.3. The minimum atomic E-state index is -0.327. The first-order valence-electron chi connectivity index (χ1n) is 8.02. The van der Waals surface area contributed by atoms with E-state index in [4.69, 9.17) is 0 Å². The molecule has 1 N–H and O–H groups in total. The smallest absolute Gasteiger partial charge is 0.259 e. The lowest BCUT2D eigenvalue weighted by Gasteiger charge is -2.21. The fourth-order valence-electron chi connectivity index (χ4n) is 2.57. The van der Waals surface area contributed by atoms with Gasteiger partial charge in [-0.1, -0.05) is 24.3 Å². The minimum absolute atomic E-state index is 0.135. The maximum Gasteiger partial charge on any atom is 0.259 e. The number of benzene rings is 2. The Labute approximate surface area is 145 Å². The number of para-hydroxylation sites is 1. The van der Waals surface area contributed by atoms with Crippen molar-refractivity contribution in [2.75, 3.05) is 16.8 Å². The third-order valence-electron chi connectivity index (χ3n) is 3.73. The van der Waals surface area contributed by atoms with Gasteiger partial charge in [-0.25, -0.2) is 4.39 Å². The molecule has 2 aromatic carbocycles. The maximum absolute atomic E-state index is 13.3. The molecule has 0 aliphatic heterocycles. The average molecular weight is 335 g/mol. The monoisotopic (exact) mass is 335 g/mol. The second-order valence-electron chi connectivity index (χ2n) is 5.48. The van der Waals surface area contributed by atoms with Crippen LogP contribution in [0.1, 0.15) is 17.3 Å². The SMILES string of the molecule is CCN(C(=O)c1cncc(Nc2cccc(F)c2)c1)c1ccccc1. The van der Waals surface area contributed by atoms with Crippen LogP contribution in [-0.4, -0.2) is 17.4 Å². The van der Waals surface area contributed by atoms with Crippen LogP contribution in [0, 0.1) is 5.82 Å². The summed E-state index contributed by atoms with van der Waals surface area (Å²) in [5, 5.41) is 3.06. The second-order valence-corrected chi connectivity index (χ2v) is 5.48. The number of carbonyl (C=O) groups excluding carboxylic acids is 1. The van der Waals surface area contributed by atoms with Crippen LogP contribution in [0.15, 0.2) is 73.1 Å². The first-order chi connectivity index (χ1) is 12.2. The topological polar surface area (TPSA) is 45.2 Å². The predicted octanol–water partition coefficient (Wildman–Crippen LogP) is 4.63. The molecule has 4 nitrogen and oxygen atoms in total. The first-order valence-corrected chi connectivity index (χ1v) is 8.02. The quantitative estimate of drug-likeness (QED) is 0.739. The Hall–Kier alpha value is -3.21. The van der Waals surface area contributed by atoms with Crippen LogP contribution in [-0.2, 0) is 0 Å². The number of amides is 1. The van der Waals surface area contributed by atoms with Crippen molar-refractivity contribution in [1.29, 1.82) is 0 Å². The zero-order valence-corrected chi connectivity index (χ0v) is 13.8. The van der Waals surface area contributed by atoms with Crippen LogP contribution >= 0.6 is 0 Å². The molecule has 0 radical (unpaired) electrons. The second kappa shape index (κ2) is 7.57. The van der Waals surface area contributed by atoms with Crippen LogP contribution in [0.3, 0.4) is 0 Å². The lowest BCUT2D eigenvalue weighted by atomic mass is 10.2. The van der Waals surface area contributed by atoms with Gasteiger partial charge < -0.3 is 10.2 Å². The lowest BCUT2D eigenvalue weighted by molar-refractivity contribution is 0.0988. The van der Waals surface area contributed by atoms with E-state index in [0.29, 0.717) is 23.5 Å². The number of pyridine rings is 1. The molecule has 1 aromatic heterocycles. The standard InChI is InChI=1S/C20H18FN3O/c1-2-24(19-9-4-3-5-10-19)20(25)15-11-18(14-22-13-15)23-17-8-6-7-16(21)12-17/h3-14,23H,2H2,1H3. The molecule has 0 saturated heterocycles. The van der Waals surface area contributed by atoms with E-state index in [9.17, 15) is 9.18 Å². The summed E-state index contributed by atoms with van der Waals surface area (Å²) >= 11 is 0. The first kappa shape index (κ1) is 16.6. The van der Waals surface area contributed by atoms with Crippen molar-refractivity contribution in [3.05, 3.63) is 84.4 Å². The molecule has 0 fully saturated rings. The van der Waals surface area contributed by atoms with Gasteiger partial charge in [-0.15, -0.1) is 0 Å². The van der Waals surface area contributed by atoms with Crippen molar-refractivity contribution >= 4 is 23.0 Å². The summed E-state index contributed by atoms with van der Waals surface area (Å²) in [4.78, 5) is 18.6. The third kappa shape index (κ3) is 4.01. The van der Waals surface area contributed by atoms with Gasteiger partial charge in [-0.05, 0) is 43.3 Å². The molecule has 1 heterocycles. The van der Waals surface area contributed by atoms with Gasteiger partial charge >= 0.3 is 0 Å². The molecule has 0 atom stereocenters. The summed E-state index contributed by atoms with van der Waals surface area (Å²) in [5.74, 6) is -0.462. The highest BCUT2D eigenvalue weighted by Crippen LogP contribution is 2.20. The highest BCUT2D eigenvalue weighted by Gasteiger charge is 2.16. The van der Waals surface area contributed by atoms with E-state index in [2.05, 4.69) is 10.3 Å². The van der Waals surface area contributed by atoms with Crippen molar-refractivity contribution in [3.8, 4) is 0 Å². The molecule has 0 spiro atoms. The van der Waals surface area contributed by atoms with Crippen molar-refractivity contribution in [3.63, 3.8) is 0 Å². The van der Waals surface area contributed by atoms with Crippen molar-refractivity contribution < 1.29 is 9.18 Å². The lowest BCUT2D eigenvalue weighted by Crippen LogP contribution is -2.30. The molecule has 1 amide bonds. The van der Waals surface area contributed by atoms with Crippen molar-refractivity contribution in [2.24, 2.45) is 0 Å². The number of nitrogens with one attached hydrogen (secondary N) is 1. The molecule has 0 unspecified atom stereocenters. The van der Waals surface area contributed by atoms with E-state index in [1.165, 1.54) is 18.3 Å². The number of rotatable bonds is 5. The Morgan fingerprint density at radius 3 is 2.56 bits per heavy atom. The Bertz CT molecular complexity index is 868. The minimum Gasteiger partial charge on any atom is -0.354 e. The number of halogens is 1. The van der Waals surface area contributed by atoms with Gasteiger partial charge in [0.05, 0.1) is 17.4 Å². The number of aromatic nitrogens is 1. The summed E-state index contributed by atoms with van der Waals surface area (Å²) < 4.78 is 13.3. The van der Waals surface area contributed by atoms with Gasteiger partial charge in [-0.2, -0.15) is 0 Å². The molecule has 3 rings (SSSR count). The normalized spacial score (nSPS) is 10.3. The highest BCUT2D eigenvalue weighted by atomic mass is 19.1.